The van der Waals surface area contributed by atoms with Crippen LogP contribution in [0.25, 0.3) is 0 Å². The second-order valence-electron chi connectivity index (χ2n) is 4.05. The maximum Gasteiger partial charge on any atom is 0.238 e. The Bertz CT molecular complexity index is 546. The Morgan fingerprint density at radius 2 is 2.33 bits per heavy atom. The van der Waals surface area contributed by atoms with E-state index in [0.717, 1.165) is 11.3 Å². The number of nitrogens with one attached hydrogen (secondary N) is 1. The predicted molar refractivity (Wildman–Crippen MR) is 67.0 cm³/mol. The predicted octanol–water partition coefficient (Wildman–Crippen LogP) is 1.45. The maximum atomic E-state index is 11.9. The number of carbonyl (C=O) groups excluding carboxylic acids is 2. The van der Waals surface area contributed by atoms with Crippen LogP contribution in [0, 0.1) is 11.3 Å². The van der Waals surface area contributed by atoms with E-state index in [1.165, 1.54) is 4.90 Å². The Morgan fingerprint density at radius 1 is 1.56 bits per heavy atom. The lowest BCUT2D eigenvalue weighted by molar-refractivity contribution is -0.125. The largest absolute Gasteiger partial charge is 0.388 e. The zero-order chi connectivity index (χ0) is 13.1. The summed E-state index contributed by atoms with van der Waals surface area (Å²) in [7, 11) is 1.80. The Hall–Kier alpha value is -2.35. The Labute approximate surface area is 105 Å². The fraction of sp³-hybridized carbons (Fsp3) is 0.308. The van der Waals surface area contributed by atoms with E-state index in [2.05, 4.69) is 5.32 Å². The molecule has 0 spiro atoms. The number of rotatable bonds is 3. The van der Waals surface area contributed by atoms with Crippen LogP contribution < -0.4 is 10.2 Å². The molecule has 0 fully saturated rings. The molecule has 1 aromatic carbocycles. The van der Waals surface area contributed by atoms with Gasteiger partial charge in [0.2, 0.25) is 11.8 Å². The van der Waals surface area contributed by atoms with Crippen molar-refractivity contribution in [1.29, 1.82) is 5.26 Å². The normalized spacial score (nSPS) is 13.1. The van der Waals surface area contributed by atoms with Gasteiger partial charge in [-0.25, -0.2) is 4.90 Å². The van der Waals surface area contributed by atoms with Gasteiger partial charge in [-0.15, -0.1) is 0 Å². The summed E-state index contributed by atoms with van der Waals surface area (Å²) in [5.41, 5.74) is 2.40. The first-order valence-electron chi connectivity index (χ1n) is 5.70. The summed E-state index contributed by atoms with van der Waals surface area (Å²) in [6.45, 7) is 0. The summed E-state index contributed by atoms with van der Waals surface area (Å²) in [5, 5.41) is 11.5. The number of hydrogen-bond donors (Lipinski definition) is 1. The first kappa shape index (κ1) is 12.1. The SMILES string of the molecule is CNc1ccc2c(c1)CC(=O)N2C(=O)CCC#N. The van der Waals surface area contributed by atoms with Crippen molar-refractivity contribution >= 4 is 23.2 Å². The van der Waals surface area contributed by atoms with Crippen LogP contribution in [-0.4, -0.2) is 18.9 Å². The van der Waals surface area contributed by atoms with E-state index < -0.39 is 0 Å². The van der Waals surface area contributed by atoms with Gasteiger partial charge in [-0.1, -0.05) is 0 Å². The third-order valence-corrected chi connectivity index (χ3v) is 2.90. The van der Waals surface area contributed by atoms with Crippen LogP contribution in [0.2, 0.25) is 0 Å². The first-order chi connectivity index (χ1) is 8.67. The highest BCUT2D eigenvalue weighted by Gasteiger charge is 2.31. The molecule has 0 saturated carbocycles. The second kappa shape index (κ2) is 4.88. The molecule has 0 unspecified atom stereocenters. The van der Waals surface area contributed by atoms with Crippen LogP contribution in [0.15, 0.2) is 18.2 Å². The monoisotopic (exact) mass is 243 g/mol. The summed E-state index contributed by atoms with van der Waals surface area (Å²) < 4.78 is 0. The molecule has 1 aliphatic rings. The van der Waals surface area contributed by atoms with Gasteiger partial charge in [0.25, 0.3) is 0 Å². The van der Waals surface area contributed by atoms with Crippen molar-refractivity contribution in [2.45, 2.75) is 19.3 Å². The third-order valence-electron chi connectivity index (χ3n) is 2.90. The van der Waals surface area contributed by atoms with Crippen molar-refractivity contribution in [3.8, 4) is 6.07 Å². The molecule has 2 rings (SSSR count). The first-order valence-corrected chi connectivity index (χ1v) is 5.70. The van der Waals surface area contributed by atoms with Gasteiger partial charge in [0.1, 0.15) is 0 Å². The van der Waals surface area contributed by atoms with Crippen molar-refractivity contribution in [2.24, 2.45) is 0 Å². The van der Waals surface area contributed by atoms with Gasteiger partial charge in [-0.2, -0.15) is 5.26 Å². The summed E-state index contributed by atoms with van der Waals surface area (Å²) >= 11 is 0. The van der Waals surface area contributed by atoms with E-state index in [-0.39, 0.29) is 31.1 Å². The molecule has 1 N–H and O–H groups in total. The number of nitriles is 1. The van der Waals surface area contributed by atoms with Gasteiger partial charge >= 0.3 is 0 Å². The molecule has 5 nitrogen and oxygen atoms in total. The molecule has 18 heavy (non-hydrogen) atoms. The highest BCUT2D eigenvalue weighted by Crippen LogP contribution is 2.31. The van der Waals surface area contributed by atoms with Crippen LogP contribution in [0.4, 0.5) is 11.4 Å². The minimum absolute atomic E-state index is 0.0788. The second-order valence-corrected chi connectivity index (χ2v) is 4.05. The van der Waals surface area contributed by atoms with Crippen molar-refractivity contribution < 1.29 is 9.59 Å². The molecular formula is C13H13N3O2. The van der Waals surface area contributed by atoms with E-state index in [1.54, 1.807) is 13.1 Å². The molecule has 0 radical (unpaired) electrons. The Morgan fingerprint density at radius 3 is 3.00 bits per heavy atom. The molecule has 2 amide bonds. The minimum Gasteiger partial charge on any atom is -0.388 e. The molecule has 0 atom stereocenters. The number of carbonyl (C=O) groups is 2. The number of nitrogens with zero attached hydrogens (tertiary/aromatic N) is 2. The van der Waals surface area contributed by atoms with Gasteiger partial charge in [-0.05, 0) is 23.8 Å². The van der Waals surface area contributed by atoms with E-state index in [1.807, 2.05) is 18.2 Å². The molecular weight excluding hydrogens is 230 g/mol. The van der Waals surface area contributed by atoms with Gasteiger partial charge in [0.15, 0.2) is 0 Å². The molecule has 92 valence electrons. The lowest BCUT2D eigenvalue weighted by Crippen LogP contribution is -2.33. The van der Waals surface area contributed by atoms with Crippen LogP contribution in [0.3, 0.4) is 0 Å². The fourth-order valence-electron chi connectivity index (χ4n) is 2.03. The maximum absolute atomic E-state index is 11.9. The highest BCUT2D eigenvalue weighted by atomic mass is 16.2. The zero-order valence-corrected chi connectivity index (χ0v) is 10.1. The highest BCUT2D eigenvalue weighted by molar-refractivity contribution is 6.19. The smallest absolute Gasteiger partial charge is 0.238 e. The average Bonchev–Trinajstić information content (AvgIpc) is 2.70. The number of amides is 2. The quantitative estimate of drug-likeness (QED) is 0.872. The standard InChI is InChI=1S/C13H13N3O2/c1-15-10-4-5-11-9(7-10)8-13(18)16(11)12(17)3-2-6-14/h4-5,7,15H,2-3,8H2,1H3. The zero-order valence-electron chi connectivity index (χ0n) is 10.1. The molecule has 0 aliphatic carbocycles. The van der Waals surface area contributed by atoms with Crippen LogP contribution >= 0.6 is 0 Å². The third kappa shape index (κ3) is 2.05. The summed E-state index contributed by atoms with van der Waals surface area (Å²) in [6, 6.07) is 7.36. The molecule has 0 aromatic heterocycles. The van der Waals surface area contributed by atoms with Crippen molar-refractivity contribution in [3.05, 3.63) is 23.8 Å². The number of anilines is 2. The van der Waals surface area contributed by atoms with E-state index in [4.69, 9.17) is 5.26 Å². The minimum atomic E-state index is -0.308. The van der Waals surface area contributed by atoms with Gasteiger partial charge in [0.05, 0.1) is 18.2 Å². The Balaban J connectivity index is 2.28. The lowest BCUT2D eigenvalue weighted by atomic mass is 10.1. The topological polar surface area (TPSA) is 73.2 Å². The summed E-state index contributed by atoms with van der Waals surface area (Å²) in [6.07, 6.45) is 0.450. The van der Waals surface area contributed by atoms with Crippen LogP contribution in [0.5, 0.6) is 0 Å². The summed E-state index contributed by atoms with van der Waals surface area (Å²) in [5.74, 6) is -0.529. The molecule has 1 heterocycles. The van der Waals surface area contributed by atoms with Crippen LogP contribution in [-0.2, 0) is 16.0 Å². The van der Waals surface area contributed by atoms with Crippen molar-refractivity contribution in [3.63, 3.8) is 0 Å². The number of hydrogen-bond acceptors (Lipinski definition) is 4. The fourth-order valence-corrected chi connectivity index (χ4v) is 2.03. The number of fused-ring (bicyclic) bond motifs is 1. The van der Waals surface area contributed by atoms with Gasteiger partial charge in [0, 0.05) is 25.6 Å². The van der Waals surface area contributed by atoms with E-state index in [0.29, 0.717) is 5.69 Å². The van der Waals surface area contributed by atoms with Crippen molar-refractivity contribution in [1.82, 2.24) is 0 Å². The van der Waals surface area contributed by atoms with Crippen LogP contribution in [0.1, 0.15) is 18.4 Å². The summed E-state index contributed by atoms with van der Waals surface area (Å²) in [4.78, 5) is 24.9. The van der Waals surface area contributed by atoms with E-state index >= 15 is 0 Å². The number of benzene rings is 1. The molecule has 5 heteroatoms. The molecule has 1 aromatic rings. The molecule has 1 aliphatic heterocycles. The molecule has 0 bridgehead atoms. The lowest BCUT2D eigenvalue weighted by Gasteiger charge is -2.15. The average molecular weight is 243 g/mol. The van der Waals surface area contributed by atoms with Gasteiger partial charge in [-0.3, -0.25) is 9.59 Å². The van der Waals surface area contributed by atoms with Crippen molar-refractivity contribution in [2.75, 3.05) is 17.3 Å². The number of imide groups is 1. The van der Waals surface area contributed by atoms with E-state index in [9.17, 15) is 9.59 Å². The Kier molecular flexibility index (Phi) is 3.28. The van der Waals surface area contributed by atoms with Gasteiger partial charge < -0.3 is 5.32 Å². The molecule has 0 saturated heterocycles.